The Morgan fingerprint density at radius 1 is 1.32 bits per heavy atom. The van der Waals surface area contributed by atoms with Gasteiger partial charge in [0.15, 0.2) is 0 Å². The maximum Gasteiger partial charge on any atom is 0.326 e. The molecule has 0 spiro atoms. The minimum Gasteiger partial charge on any atom is -0.480 e. The summed E-state index contributed by atoms with van der Waals surface area (Å²) in [5, 5.41) is 13.0. The molecule has 0 amide bonds. The molecule has 1 unspecified atom stereocenters. The lowest BCUT2D eigenvalue weighted by molar-refractivity contribution is -0.138. The molecular weight excluding hydrogens is 266 g/mol. The smallest absolute Gasteiger partial charge is 0.326 e. The van der Waals surface area contributed by atoms with Crippen molar-refractivity contribution in [2.24, 2.45) is 5.92 Å². The third kappa shape index (κ3) is 2.93. The molecule has 0 fully saturated rings. The van der Waals surface area contributed by atoms with E-state index in [1.165, 1.54) is 0 Å². The Bertz CT molecular complexity index is 616. The topological polar surface area (TPSA) is 75.1 Å². The first-order valence-electron chi connectivity index (χ1n) is 5.90. The van der Waals surface area contributed by atoms with E-state index >= 15 is 0 Å². The van der Waals surface area contributed by atoms with Gasteiger partial charge < -0.3 is 10.4 Å². The Morgan fingerprint density at radius 2 is 2.00 bits per heavy atom. The fourth-order valence-electron chi connectivity index (χ4n) is 1.82. The van der Waals surface area contributed by atoms with Crippen LogP contribution in [-0.2, 0) is 4.79 Å². The molecule has 6 heteroatoms. The molecule has 1 atom stereocenters. The normalized spacial score (nSPS) is 12.6. The molecule has 0 bridgehead atoms. The molecule has 2 rings (SSSR count). The molecule has 0 radical (unpaired) electrons. The Hall–Kier alpha value is -1.88. The summed E-state index contributed by atoms with van der Waals surface area (Å²) < 4.78 is 0. The van der Waals surface area contributed by atoms with E-state index in [1.54, 1.807) is 6.07 Å². The van der Waals surface area contributed by atoms with Crippen molar-refractivity contribution in [2.45, 2.75) is 19.9 Å². The molecule has 0 aliphatic rings. The summed E-state index contributed by atoms with van der Waals surface area (Å²) in [5.41, 5.74) is 0.679. The van der Waals surface area contributed by atoms with Crippen molar-refractivity contribution in [2.75, 3.05) is 5.32 Å². The van der Waals surface area contributed by atoms with Crippen LogP contribution in [0.25, 0.3) is 10.9 Å². The number of para-hydroxylation sites is 1. The Morgan fingerprint density at radius 3 is 2.63 bits per heavy atom. The van der Waals surface area contributed by atoms with Gasteiger partial charge in [-0.2, -0.15) is 0 Å². The van der Waals surface area contributed by atoms with Gasteiger partial charge in [-0.25, -0.2) is 14.8 Å². The molecule has 1 aromatic carbocycles. The number of halogens is 1. The fourth-order valence-corrected chi connectivity index (χ4v) is 1.99. The van der Waals surface area contributed by atoms with Gasteiger partial charge >= 0.3 is 5.97 Å². The summed E-state index contributed by atoms with van der Waals surface area (Å²) >= 11 is 5.86. The first-order valence-corrected chi connectivity index (χ1v) is 6.28. The third-order valence-electron chi connectivity index (χ3n) is 2.80. The zero-order valence-electron chi connectivity index (χ0n) is 10.6. The van der Waals surface area contributed by atoms with Crippen molar-refractivity contribution in [3.8, 4) is 0 Å². The Labute approximate surface area is 115 Å². The molecule has 1 aromatic heterocycles. The SMILES string of the molecule is CC(C)C(Nc1nc(Cl)nc2ccccc12)C(=O)O. The van der Waals surface area contributed by atoms with Crippen LogP contribution in [0.1, 0.15) is 13.8 Å². The van der Waals surface area contributed by atoms with Crippen molar-refractivity contribution in [3.63, 3.8) is 0 Å². The number of benzene rings is 1. The number of anilines is 1. The summed E-state index contributed by atoms with van der Waals surface area (Å²) in [6.45, 7) is 3.66. The highest BCUT2D eigenvalue weighted by Gasteiger charge is 2.22. The molecule has 0 saturated heterocycles. The summed E-state index contributed by atoms with van der Waals surface area (Å²) in [7, 11) is 0. The van der Waals surface area contributed by atoms with Crippen molar-refractivity contribution in [1.82, 2.24) is 9.97 Å². The van der Waals surface area contributed by atoms with Gasteiger partial charge in [0.25, 0.3) is 0 Å². The first kappa shape index (κ1) is 13.5. The second-order valence-electron chi connectivity index (χ2n) is 4.56. The quantitative estimate of drug-likeness (QED) is 0.842. The van der Waals surface area contributed by atoms with Gasteiger partial charge in [0.1, 0.15) is 11.9 Å². The maximum atomic E-state index is 11.2. The van der Waals surface area contributed by atoms with Crippen LogP contribution in [-0.4, -0.2) is 27.1 Å². The second kappa shape index (κ2) is 5.40. The average molecular weight is 280 g/mol. The van der Waals surface area contributed by atoms with Gasteiger partial charge in [0.2, 0.25) is 5.28 Å². The van der Waals surface area contributed by atoms with Crippen LogP contribution in [0.15, 0.2) is 24.3 Å². The van der Waals surface area contributed by atoms with Gasteiger partial charge in [-0.3, -0.25) is 0 Å². The molecule has 2 aromatic rings. The zero-order valence-corrected chi connectivity index (χ0v) is 11.3. The van der Waals surface area contributed by atoms with E-state index in [9.17, 15) is 9.90 Å². The number of nitrogens with one attached hydrogen (secondary N) is 1. The molecule has 19 heavy (non-hydrogen) atoms. The number of rotatable bonds is 4. The molecule has 2 N–H and O–H groups in total. The Kier molecular flexibility index (Phi) is 3.85. The van der Waals surface area contributed by atoms with Crippen LogP contribution in [0.3, 0.4) is 0 Å². The zero-order chi connectivity index (χ0) is 14.0. The lowest BCUT2D eigenvalue weighted by Crippen LogP contribution is -2.34. The number of nitrogens with zero attached hydrogens (tertiary/aromatic N) is 2. The molecule has 5 nitrogen and oxygen atoms in total. The van der Waals surface area contributed by atoms with E-state index < -0.39 is 12.0 Å². The van der Waals surface area contributed by atoms with Crippen molar-refractivity contribution in [1.29, 1.82) is 0 Å². The molecule has 1 heterocycles. The fraction of sp³-hybridized carbons (Fsp3) is 0.308. The molecule has 0 aliphatic heterocycles. The summed E-state index contributed by atoms with van der Waals surface area (Å²) in [5.74, 6) is -0.560. The molecular formula is C13H14ClN3O2. The monoisotopic (exact) mass is 279 g/mol. The lowest BCUT2D eigenvalue weighted by Gasteiger charge is -2.19. The molecule has 0 aliphatic carbocycles. The number of carbonyl (C=O) groups is 1. The van der Waals surface area contributed by atoms with Crippen LogP contribution in [0.4, 0.5) is 5.82 Å². The van der Waals surface area contributed by atoms with E-state index in [4.69, 9.17) is 11.6 Å². The minimum absolute atomic E-state index is 0.0787. The number of carboxylic acids is 1. The number of aromatic nitrogens is 2. The maximum absolute atomic E-state index is 11.2. The number of carboxylic acid groups (broad SMARTS) is 1. The molecule has 0 saturated carbocycles. The highest BCUT2D eigenvalue weighted by Crippen LogP contribution is 2.23. The highest BCUT2D eigenvalue weighted by molar-refractivity contribution is 6.28. The van der Waals surface area contributed by atoms with Gasteiger partial charge in [-0.15, -0.1) is 0 Å². The predicted octanol–water partition coefficient (Wildman–Crippen LogP) is 2.80. The largest absolute Gasteiger partial charge is 0.480 e. The third-order valence-corrected chi connectivity index (χ3v) is 2.97. The van der Waals surface area contributed by atoms with Crippen molar-refractivity contribution >= 4 is 34.3 Å². The van der Waals surface area contributed by atoms with E-state index in [2.05, 4.69) is 15.3 Å². The van der Waals surface area contributed by atoms with E-state index in [0.29, 0.717) is 11.3 Å². The summed E-state index contributed by atoms with van der Waals surface area (Å²) in [6, 6.07) is 6.59. The average Bonchev–Trinajstić information content (AvgIpc) is 2.34. The van der Waals surface area contributed by atoms with Crippen LogP contribution < -0.4 is 5.32 Å². The highest BCUT2D eigenvalue weighted by atomic mass is 35.5. The molecule has 100 valence electrons. The van der Waals surface area contributed by atoms with Gasteiger partial charge in [-0.1, -0.05) is 26.0 Å². The standard InChI is InChI=1S/C13H14ClN3O2/c1-7(2)10(12(18)19)16-11-8-5-3-4-6-9(8)15-13(14)17-11/h3-7,10H,1-2H3,(H,18,19)(H,15,16,17). The number of aliphatic carboxylic acids is 1. The van der Waals surface area contributed by atoms with E-state index in [-0.39, 0.29) is 11.2 Å². The minimum atomic E-state index is -0.922. The van der Waals surface area contributed by atoms with E-state index in [1.807, 2.05) is 32.0 Å². The van der Waals surface area contributed by atoms with Crippen molar-refractivity contribution in [3.05, 3.63) is 29.5 Å². The number of hydrogen-bond acceptors (Lipinski definition) is 4. The number of fused-ring (bicyclic) bond motifs is 1. The predicted molar refractivity (Wildman–Crippen MR) is 74.4 cm³/mol. The second-order valence-corrected chi connectivity index (χ2v) is 4.90. The summed E-state index contributed by atoms with van der Waals surface area (Å²) in [4.78, 5) is 19.4. The first-order chi connectivity index (χ1) is 8.99. The van der Waals surface area contributed by atoms with Crippen molar-refractivity contribution < 1.29 is 9.90 Å². The van der Waals surface area contributed by atoms with Crippen LogP contribution >= 0.6 is 11.6 Å². The van der Waals surface area contributed by atoms with Crippen LogP contribution in [0.2, 0.25) is 5.28 Å². The van der Waals surface area contributed by atoms with Crippen LogP contribution in [0, 0.1) is 5.92 Å². The summed E-state index contributed by atoms with van der Waals surface area (Å²) in [6.07, 6.45) is 0. The van der Waals surface area contributed by atoms with Gasteiger partial charge in [-0.05, 0) is 29.7 Å². The van der Waals surface area contributed by atoms with Crippen LogP contribution in [0.5, 0.6) is 0 Å². The number of hydrogen-bond donors (Lipinski definition) is 2. The lowest BCUT2D eigenvalue weighted by atomic mass is 10.0. The Balaban J connectivity index is 2.47. The van der Waals surface area contributed by atoms with Gasteiger partial charge in [0.05, 0.1) is 5.52 Å². The van der Waals surface area contributed by atoms with Gasteiger partial charge in [0, 0.05) is 5.39 Å². The van der Waals surface area contributed by atoms with E-state index in [0.717, 1.165) is 5.39 Å².